The lowest BCUT2D eigenvalue weighted by atomic mass is 10.2. The summed E-state index contributed by atoms with van der Waals surface area (Å²) in [5.41, 5.74) is 1.25. The zero-order valence-corrected chi connectivity index (χ0v) is 7.74. The summed E-state index contributed by atoms with van der Waals surface area (Å²) in [6, 6.07) is 10.3. The van der Waals surface area contributed by atoms with Gasteiger partial charge in [-0.1, -0.05) is 42.5 Å². The van der Waals surface area contributed by atoms with E-state index in [9.17, 15) is 0 Å². The predicted molar refractivity (Wildman–Crippen MR) is 58.1 cm³/mol. The lowest BCUT2D eigenvalue weighted by Crippen LogP contribution is -1.73. The molecule has 0 amide bonds. The van der Waals surface area contributed by atoms with Crippen molar-refractivity contribution in [2.24, 2.45) is 0 Å². The molecule has 1 heteroatoms. The first-order chi connectivity index (χ1) is 6.43. The summed E-state index contributed by atoms with van der Waals surface area (Å²) in [6.45, 7) is 0. The van der Waals surface area contributed by atoms with Gasteiger partial charge in [0, 0.05) is 0 Å². The van der Waals surface area contributed by atoms with Crippen molar-refractivity contribution in [3.63, 3.8) is 0 Å². The second-order valence-electron chi connectivity index (χ2n) is 2.95. The van der Waals surface area contributed by atoms with Crippen LogP contribution in [0.15, 0.2) is 36.4 Å². The van der Waals surface area contributed by atoms with Gasteiger partial charge >= 0.3 is 0 Å². The zero-order valence-electron chi connectivity index (χ0n) is 7.74. The molecule has 0 bridgehead atoms. The van der Waals surface area contributed by atoms with Crippen LogP contribution in [0.5, 0.6) is 0 Å². The Hall–Kier alpha value is -1.37. The van der Waals surface area contributed by atoms with E-state index in [0.717, 1.165) is 19.3 Å². The van der Waals surface area contributed by atoms with Gasteiger partial charge in [0.1, 0.15) is 0 Å². The maximum Gasteiger partial charge on any atom is -0.00476 e. The first-order valence-corrected chi connectivity index (χ1v) is 4.64. The van der Waals surface area contributed by atoms with Crippen LogP contribution in [0.25, 0.3) is 6.08 Å². The first-order valence-electron chi connectivity index (χ1n) is 4.64. The van der Waals surface area contributed by atoms with Crippen LogP contribution in [0.2, 0.25) is 0 Å². The van der Waals surface area contributed by atoms with Crippen molar-refractivity contribution in [3.05, 3.63) is 42.0 Å². The third kappa shape index (κ3) is 4.26. The van der Waals surface area contributed by atoms with Gasteiger partial charge in [-0.2, -0.15) is 0 Å². The maximum absolute atomic E-state index is 6.85. The Morgan fingerprint density at radius 3 is 2.54 bits per heavy atom. The fourth-order valence-electron chi connectivity index (χ4n) is 1.12. The molecule has 1 rings (SSSR count). The highest BCUT2D eigenvalue weighted by atomic mass is 14.3. The molecule has 1 aromatic carbocycles. The van der Waals surface area contributed by atoms with Crippen LogP contribution in [0.1, 0.15) is 24.8 Å². The molecule has 1 aromatic rings. The summed E-state index contributed by atoms with van der Waals surface area (Å²) in [4.78, 5) is 0. The predicted octanol–water partition coefficient (Wildman–Crippen LogP) is 3.52. The normalized spacial score (nSPS) is 10.5. The van der Waals surface area contributed by atoms with Gasteiger partial charge in [0.05, 0.1) is 0 Å². The third-order valence-corrected chi connectivity index (χ3v) is 1.83. The highest BCUT2D eigenvalue weighted by Crippen LogP contribution is 2.03. The molecule has 0 unspecified atom stereocenters. The van der Waals surface area contributed by atoms with Gasteiger partial charge in [-0.3, -0.25) is 0 Å². The van der Waals surface area contributed by atoms with Crippen LogP contribution in [0.4, 0.5) is 0 Å². The number of allylic oxidation sites excluding steroid dienone is 1. The van der Waals surface area contributed by atoms with Crippen LogP contribution in [0, 0.1) is 5.41 Å². The number of unbranched alkanes of at least 4 members (excludes halogenated alkanes) is 2. The van der Waals surface area contributed by atoms with E-state index in [0.29, 0.717) is 0 Å². The van der Waals surface area contributed by atoms with E-state index < -0.39 is 0 Å². The second kappa shape index (κ2) is 6.18. The molecule has 0 atom stereocenters. The minimum atomic E-state index is 0.888. The van der Waals surface area contributed by atoms with Crippen molar-refractivity contribution in [2.75, 3.05) is 0 Å². The fraction of sp³-hybridized carbons (Fsp3) is 0.250. The molecule has 0 fully saturated rings. The van der Waals surface area contributed by atoms with E-state index in [1.54, 1.807) is 0 Å². The van der Waals surface area contributed by atoms with E-state index in [1.807, 2.05) is 18.2 Å². The molecule has 0 aliphatic carbocycles. The standard InChI is InChI=1S/C12H15N/c13-11-7-2-1-4-8-12-9-5-3-6-10-12/h3-6,8-11,13H,1-2,7H2. The monoisotopic (exact) mass is 173 g/mol. The minimum Gasteiger partial charge on any atom is -0.313 e. The van der Waals surface area contributed by atoms with Crippen molar-refractivity contribution in [1.82, 2.24) is 0 Å². The average Bonchev–Trinajstić information content (AvgIpc) is 2.19. The molecule has 0 radical (unpaired) electrons. The Bertz CT molecular complexity index is 262. The Morgan fingerprint density at radius 1 is 1.08 bits per heavy atom. The summed E-state index contributed by atoms with van der Waals surface area (Å²) < 4.78 is 0. The fourth-order valence-corrected chi connectivity index (χ4v) is 1.12. The van der Waals surface area contributed by atoms with Gasteiger partial charge in [0.15, 0.2) is 0 Å². The van der Waals surface area contributed by atoms with Gasteiger partial charge in [-0.05, 0) is 31.0 Å². The van der Waals surface area contributed by atoms with Gasteiger partial charge in [-0.15, -0.1) is 0 Å². The third-order valence-electron chi connectivity index (χ3n) is 1.83. The summed E-state index contributed by atoms with van der Waals surface area (Å²) in [5, 5.41) is 6.85. The smallest absolute Gasteiger partial charge is 0.00476 e. The van der Waals surface area contributed by atoms with Crippen LogP contribution in [-0.4, -0.2) is 6.21 Å². The molecule has 13 heavy (non-hydrogen) atoms. The molecule has 0 saturated heterocycles. The maximum atomic E-state index is 6.85. The Morgan fingerprint density at radius 2 is 1.85 bits per heavy atom. The Labute approximate surface area is 79.6 Å². The van der Waals surface area contributed by atoms with Crippen LogP contribution < -0.4 is 0 Å². The van der Waals surface area contributed by atoms with Gasteiger partial charge < -0.3 is 5.41 Å². The van der Waals surface area contributed by atoms with Crippen LogP contribution in [-0.2, 0) is 0 Å². The van der Waals surface area contributed by atoms with Crippen molar-refractivity contribution in [2.45, 2.75) is 19.3 Å². The number of hydrogen-bond donors (Lipinski definition) is 1. The highest BCUT2D eigenvalue weighted by molar-refractivity contribution is 5.53. The summed E-state index contributed by atoms with van der Waals surface area (Å²) in [7, 11) is 0. The summed E-state index contributed by atoms with van der Waals surface area (Å²) in [6.07, 6.45) is 8.79. The molecule has 1 nitrogen and oxygen atoms in total. The topological polar surface area (TPSA) is 23.9 Å². The lowest BCUT2D eigenvalue weighted by Gasteiger charge is -1.91. The van der Waals surface area contributed by atoms with Crippen molar-refractivity contribution >= 4 is 12.3 Å². The Balaban J connectivity index is 2.28. The lowest BCUT2D eigenvalue weighted by molar-refractivity contribution is 0.904. The van der Waals surface area contributed by atoms with Gasteiger partial charge in [0.2, 0.25) is 0 Å². The number of rotatable bonds is 5. The summed E-state index contributed by atoms with van der Waals surface area (Å²) in [5.74, 6) is 0. The largest absolute Gasteiger partial charge is 0.313 e. The average molecular weight is 173 g/mol. The Kier molecular flexibility index (Phi) is 4.62. The minimum absolute atomic E-state index is 0.888. The molecular weight excluding hydrogens is 158 g/mol. The molecule has 0 aliphatic heterocycles. The van der Waals surface area contributed by atoms with Crippen LogP contribution >= 0.6 is 0 Å². The van der Waals surface area contributed by atoms with Crippen molar-refractivity contribution in [3.8, 4) is 0 Å². The van der Waals surface area contributed by atoms with Gasteiger partial charge in [-0.25, -0.2) is 0 Å². The van der Waals surface area contributed by atoms with E-state index in [-0.39, 0.29) is 0 Å². The SMILES string of the molecule is N=CCCCC=Cc1ccccc1. The zero-order chi connectivity index (χ0) is 9.36. The van der Waals surface area contributed by atoms with E-state index in [2.05, 4.69) is 24.3 Å². The quantitative estimate of drug-likeness (QED) is 0.520. The molecule has 68 valence electrons. The van der Waals surface area contributed by atoms with Crippen LogP contribution in [0.3, 0.4) is 0 Å². The molecule has 1 N–H and O–H groups in total. The molecule has 0 aliphatic rings. The highest BCUT2D eigenvalue weighted by Gasteiger charge is 1.82. The van der Waals surface area contributed by atoms with Crippen molar-refractivity contribution < 1.29 is 0 Å². The van der Waals surface area contributed by atoms with Gasteiger partial charge in [0.25, 0.3) is 0 Å². The number of hydrogen-bond acceptors (Lipinski definition) is 1. The second-order valence-corrected chi connectivity index (χ2v) is 2.95. The van der Waals surface area contributed by atoms with E-state index >= 15 is 0 Å². The molecular formula is C12H15N. The molecule has 0 spiro atoms. The van der Waals surface area contributed by atoms with E-state index in [1.165, 1.54) is 11.8 Å². The first kappa shape index (κ1) is 9.72. The molecule has 0 heterocycles. The molecule has 0 saturated carbocycles. The van der Waals surface area contributed by atoms with Crippen molar-refractivity contribution in [1.29, 1.82) is 5.41 Å². The molecule has 0 aromatic heterocycles. The number of benzene rings is 1. The summed E-state index contributed by atoms with van der Waals surface area (Å²) >= 11 is 0. The van der Waals surface area contributed by atoms with E-state index in [4.69, 9.17) is 5.41 Å². The number of nitrogens with one attached hydrogen (secondary N) is 1.